The van der Waals surface area contributed by atoms with Crippen LogP contribution in [0.2, 0.25) is 0 Å². The number of carboxylic acid groups (broad SMARTS) is 1. The highest BCUT2D eigenvalue weighted by Crippen LogP contribution is 2.17. The average Bonchev–Trinajstić information content (AvgIpc) is 3.48. The van der Waals surface area contributed by atoms with Gasteiger partial charge in [0.2, 0.25) is 0 Å². The van der Waals surface area contributed by atoms with Crippen LogP contribution in [0.3, 0.4) is 0 Å². The number of carboxylic acids is 1. The third-order valence-electron chi connectivity index (χ3n) is 14.7. The fourth-order valence-electron chi connectivity index (χ4n) is 9.42. The molecular weight excluding hydrogens is 1050 g/mol. The molecule has 0 fully saturated rings. The maximum absolute atomic E-state index is 12.9. The van der Waals surface area contributed by atoms with Crippen LogP contribution >= 0.6 is 0 Å². The molecule has 9 heteroatoms. The molecule has 0 aliphatic carbocycles. The first-order valence-electron chi connectivity index (χ1n) is 34.7. The second-order valence-corrected chi connectivity index (χ2v) is 24.1. The van der Waals surface area contributed by atoms with Crippen LogP contribution in [0.15, 0.2) is 122 Å². The Labute approximate surface area is 523 Å². The Kier molecular flexibility index (Phi) is 62.3. The number of hydrogen-bond donors (Lipinski definition) is 1. The van der Waals surface area contributed by atoms with E-state index in [0.717, 1.165) is 77.0 Å². The first-order chi connectivity index (χ1) is 41.6. The summed E-state index contributed by atoms with van der Waals surface area (Å²) in [6, 6.07) is 0. The largest absolute Gasteiger partial charge is 0.477 e. The minimum atomic E-state index is -1.53. The standard InChI is InChI=1S/C76H129NO8/c1-6-8-10-12-14-16-18-20-22-24-26-28-30-32-34-36-37-39-40-42-44-46-48-50-52-54-56-58-60-62-64-66-73(78)83-70-72(71-84-76(75(80)81)82-69-68-77(3,4)5)85-74(79)67-65-63-61-59-57-55-53-51-49-47-45-43-41-38-35-33-31-29-27-25-23-21-19-17-15-13-11-9-7-2/h9,11,15,17,21,23-24,26-27,29,33,35,41,43,47,49,53,55,59,61,72,76H,6-8,10,12-14,16,18-20,22,25,28,30-32,34,36-40,42,44-46,48,50-52,54,56-58,60,62-71H2,1-5H3/p+1/b11-9-,17-15-,23-21-,26-24-,29-27-,35-33-,43-41-,49-47-,55-53-,61-59-. The van der Waals surface area contributed by atoms with Crippen molar-refractivity contribution in [2.45, 2.75) is 296 Å². The van der Waals surface area contributed by atoms with Gasteiger partial charge in [-0.15, -0.1) is 0 Å². The highest BCUT2D eigenvalue weighted by Gasteiger charge is 2.25. The molecule has 0 heterocycles. The van der Waals surface area contributed by atoms with E-state index in [1.165, 1.54) is 167 Å². The van der Waals surface area contributed by atoms with E-state index in [9.17, 15) is 19.5 Å². The smallest absolute Gasteiger partial charge is 0.361 e. The second kappa shape index (κ2) is 65.7. The summed E-state index contributed by atoms with van der Waals surface area (Å²) >= 11 is 0. The Morgan fingerprint density at radius 1 is 0.365 bits per heavy atom. The first kappa shape index (κ1) is 80.7. The zero-order chi connectivity index (χ0) is 61.9. The number of hydrogen-bond acceptors (Lipinski definition) is 7. The van der Waals surface area contributed by atoms with Crippen LogP contribution in [-0.2, 0) is 33.3 Å². The summed E-state index contributed by atoms with van der Waals surface area (Å²) in [7, 11) is 5.95. The first-order valence-corrected chi connectivity index (χ1v) is 34.7. The molecule has 0 radical (unpaired) electrons. The van der Waals surface area contributed by atoms with Crippen LogP contribution in [0.25, 0.3) is 0 Å². The molecule has 0 spiro atoms. The number of allylic oxidation sites excluding steroid dienone is 20. The minimum absolute atomic E-state index is 0.171. The maximum atomic E-state index is 12.9. The van der Waals surface area contributed by atoms with Crippen LogP contribution in [0, 0.1) is 0 Å². The molecule has 0 bridgehead atoms. The molecule has 0 aromatic heterocycles. The van der Waals surface area contributed by atoms with E-state index in [2.05, 4.69) is 135 Å². The van der Waals surface area contributed by atoms with Gasteiger partial charge in [0.25, 0.3) is 6.29 Å². The number of rotatable bonds is 63. The SMILES string of the molecule is CC/C=C\C/C=C\C/C=C\C/C=C\C/C=C\C/C=C\C/C=C\C/C=C\C/C=C\CCCC(=O)OC(COC(=O)CCCCCCCCCCCCCCCCCCCCC/C=C\CCCCCCCCCC)COC(OCC[N+](C)(C)C)C(=O)O. The topological polar surface area (TPSA) is 108 Å². The van der Waals surface area contributed by atoms with Crippen molar-refractivity contribution in [2.24, 2.45) is 0 Å². The summed E-state index contributed by atoms with van der Waals surface area (Å²) < 4.78 is 22.9. The van der Waals surface area contributed by atoms with Crippen LogP contribution in [0.5, 0.6) is 0 Å². The van der Waals surface area contributed by atoms with Gasteiger partial charge in [0.1, 0.15) is 13.2 Å². The Morgan fingerprint density at radius 2 is 0.682 bits per heavy atom. The number of ether oxygens (including phenoxy) is 4. The number of carbonyl (C=O) groups excluding carboxylic acids is 2. The van der Waals surface area contributed by atoms with Crippen molar-refractivity contribution in [3.05, 3.63) is 122 Å². The summed E-state index contributed by atoms with van der Waals surface area (Å²) in [6.45, 7) is 4.71. The second-order valence-electron chi connectivity index (χ2n) is 24.1. The van der Waals surface area contributed by atoms with Gasteiger partial charge in [-0.1, -0.05) is 289 Å². The highest BCUT2D eigenvalue weighted by molar-refractivity contribution is 5.71. The van der Waals surface area contributed by atoms with Gasteiger partial charge in [-0.25, -0.2) is 4.79 Å². The van der Waals surface area contributed by atoms with Gasteiger partial charge < -0.3 is 28.5 Å². The molecule has 486 valence electrons. The maximum Gasteiger partial charge on any atom is 0.361 e. The van der Waals surface area contributed by atoms with E-state index in [-0.39, 0.29) is 38.6 Å². The van der Waals surface area contributed by atoms with Crippen molar-refractivity contribution in [2.75, 3.05) is 47.5 Å². The zero-order valence-corrected chi connectivity index (χ0v) is 55.5. The summed E-state index contributed by atoms with van der Waals surface area (Å²) in [6.07, 6.45) is 90.4. The van der Waals surface area contributed by atoms with Crippen LogP contribution in [0.4, 0.5) is 0 Å². The Hall–Kier alpha value is -4.31. The summed E-state index contributed by atoms with van der Waals surface area (Å²) in [5, 5.41) is 9.74. The molecule has 0 aliphatic rings. The molecular formula is C76H130NO8+. The molecule has 0 saturated carbocycles. The molecule has 2 atom stereocenters. The minimum Gasteiger partial charge on any atom is -0.477 e. The zero-order valence-electron chi connectivity index (χ0n) is 55.5. The van der Waals surface area contributed by atoms with Gasteiger partial charge >= 0.3 is 17.9 Å². The van der Waals surface area contributed by atoms with Crippen molar-refractivity contribution in [3.63, 3.8) is 0 Å². The Morgan fingerprint density at radius 3 is 1.05 bits per heavy atom. The van der Waals surface area contributed by atoms with Crippen molar-refractivity contribution in [1.29, 1.82) is 0 Å². The van der Waals surface area contributed by atoms with E-state index >= 15 is 0 Å². The van der Waals surface area contributed by atoms with Crippen molar-refractivity contribution in [3.8, 4) is 0 Å². The van der Waals surface area contributed by atoms with Crippen molar-refractivity contribution >= 4 is 17.9 Å². The summed E-state index contributed by atoms with van der Waals surface area (Å²) in [5.41, 5.74) is 0. The lowest BCUT2D eigenvalue weighted by Crippen LogP contribution is -2.40. The molecule has 1 N–H and O–H groups in total. The molecule has 9 nitrogen and oxygen atoms in total. The molecule has 0 saturated heterocycles. The Bertz CT molecular complexity index is 1810. The van der Waals surface area contributed by atoms with Gasteiger partial charge in [-0.3, -0.25) is 9.59 Å². The fourth-order valence-corrected chi connectivity index (χ4v) is 9.42. The van der Waals surface area contributed by atoms with Gasteiger partial charge in [0.15, 0.2) is 6.10 Å². The van der Waals surface area contributed by atoms with E-state index in [4.69, 9.17) is 18.9 Å². The number of quaternary nitrogens is 1. The summed E-state index contributed by atoms with van der Waals surface area (Å²) in [5.74, 6) is -2.09. The fraction of sp³-hybridized carbons (Fsp3) is 0.697. The molecule has 0 aromatic rings. The van der Waals surface area contributed by atoms with E-state index < -0.39 is 24.3 Å². The lowest BCUT2D eigenvalue weighted by molar-refractivity contribution is -0.870. The average molecular weight is 1190 g/mol. The number of nitrogens with zero attached hydrogens (tertiary/aromatic N) is 1. The van der Waals surface area contributed by atoms with E-state index in [1.54, 1.807) is 0 Å². The van der Waals surface area contributed by atoms with Crippen molar-refractivity contribution in [1.82, 2.24) is 0 Å². The van der Waals surface area contributed by atoms with Crippen LogP contribution in [-0.4, -0.2) is 87.4 Å². The quantitative estimate of drug-likeness (QED) is 0.0211. The van der Waals surface area contributed by atoms with Crippen LogP contribution in [0.1, 0.15) is 284 Å². The monoisotopic (exact) mass is 1180 g/mol. The van der Waals surface area contributed by atoms with Crippen molar-refractivity contribution < 1.29 is 42.9 Å². The summed E-state index contributed by atoms with van der Waals surface area (Å²) in [4.78, 5) is 37.6. The molecule has 0 aliphatic heterocycles. The van der Waals surface area contributed by atoms with E-state index in [0.29, 0.717) is 23.9 Å². The molecule has 2 unspecified atom stereocenters. The molecule has 0 aromatic carbocycles. The van der Waals surface area contributed by atoms with Gasteiger partial charge in [-0.2, -0.15) is 0 Å². The Balaban J connectivity index is 4.23. The predicted molar refractivity (Wildman–Crippen MR) is 364 cm³/mol. The molecule has 0 amide bonds. The van der Waals surface area contributed by atoms with Crippen LogP contribution < -0.4 is 0 Å². The number of unbranched alkanes of at least 4 members (excludes halogenated alkanes) is 28. The lowest BCUT2D eigenvalue weighted by atomic mass is 10.0. The number of carbonyl (C=O) groups is 3. The van der Waals surface area contributed by atoms with E-state index in [1.807, 2.05) is 21.1 Å². The number of likely N-dealkylation sites (N-methyl/N-ethyl adjacent to an activating group) is 1. The third-order valence-corrected chi connectivity index (χ3v) is 14.7. The number of esters is 2. The van der Waals surface area contributed by atoms with Gasteiger partial charge in [-0.05, 0) is 103 Å². The van der Waals surface area contributed by atoms with Gasteiger partial charge in [0.05, 0.1) is 34.4 Å². The lowest BCUT2D eigenvalue weighted by Gasteiger charge is -2.25. The molecule has 85 heavy (non-hydrogen) atoms. The highest BCUT2D eigenvalue weighted by atomic mass is 16.7. The predicted octanol–water partition coefficient (Wildman–Crippen LogP) is 21.6. The van der Waals surface area contributed by atoms with Gasteiger partial charge in [0, 0.05) is 12.8 Å². The third kappa shape index (κ3) is 67.1. The number of aliphatic carboxylic acids is 1. The normalized spacial score (nSPS) is 13.5. The molecule has 0 rings (SSSR count).